The summed E-state index contributed by atoms with van der Waals surface area (Å²) in [5, 5.41) is 0. The number of hydrogen-bond donors (Lipinski definition) is 1. The molecule has 4 nitrogen and oxygen atoms in total. The molecule has 2 N–H and O–H groups in total. The molecule has 0 aromatic rings. The van der Waals surface area contributed by atoms with Crippen molar-refractivity contribution in [2.75, 3.05) is 20.6 Å². The molecule has 2 saturated heterocycles. The number of carbonyl (C=O) groups excluding carboxylic acids is 1. The smallest absolute Gasteiger partial charge is 0.236 e. The summed E-state index contributed by atoms with van der Waals surface area (Å²) in [5.74, 6) is 0.211. The quantitative estimate of drug-likeness (QED) is 0.701. The maximum absolute atomic E-state index is 11.7. The third-order valence-corrected chi connectivity index (χ3v) is 3.74. The number of piperidine rings is 1. The molecule has 1 amide bonds. The molecule has 0 aromatic heterocycles. The van der Waals surface area contributed by atoms with Gasteiger partial charge in [-0.3, -0.25) is 9.69 Å². The third-order valence-electron chi connectivity index (χ3n) is 3.74. The Kier molecular flexibility index (Phi) is 2.98. The minimum Gasteiger partial charge on any atom is -0.348 e. The van der Waals surface area contributed by atoms with Crippen molar-refractivity contribution in [3.05, 3.63) is 0 Å². The van der Waals surface area contributed by atoms with Gasteiger partial charge in [-0.2, -0.15) is 0 Å². The first kappa shape index (κ1) is 10.9. The van der Waals surface area contributed by atoms with Gasteiger partial charge < -0.3 is 10.6 Å². The van der Waals surface area contributed by atoms with E-state index in [9.17, 15) is 4.79 Å². The average molecular weight is 211 g/mol. The lowest BCUT2D eigenvalue weighted by atomic mass is 9.98. The van der Waals surface area contributed by atoms with Gasteiger partial charge in [0, 0.05) is 32.2 Å². The summed E-state index contributed by atoms with van der Waals surface area (Å²) in [4.78, 5) is 15.7. The first-order valence-electron chi connectivity index (χ1n) is 5.79. The normalized spacial score (nSPS) is 35.5. The van der Waals surface area contributed by atoms with Crippen molar-refractivity contribution in [1.29, 1.82) is 0 Å². The minimum atomic E-state index is 0.211. The van der Waals surface area contributed by atoms with E-state index >= 15 is 0 Å². The van der Waals surface area contributed by atoms with Gasteiger partial charge in [-0.1, -0.05) is 0 Å². The van der Waals surface area contributed by atoms with E-state index in [0.29, 0.717) is 24.7 Å². The summed E-state index contributed by atoms with van der Waals surface area (Å²) in [6.45, 7) is 0.578. The van der Waals surface area contributed by atoms with Crippen LogP contribution in [0, 0.1) is 0 Å². The fourth-order valence-electron chi connectivity index (χ4n) is 2.87. The molecular weight excluding hydrogens is 190 g/mol. The highest BCUT2D eigenvalue weighted by Gasteiger charge is 2.40. The predicted octanol–water partition coefficient (Wildman–Crippen LogP) is 0.0287. The van der Waals surface area contributed by atoms with Crippen molar-refractivity contribution in [3.63, 3.8) is 0 Å². The molecular formula is C11H21N3O. The summed E-state index contributed by atoms with van der Waals surface area (Å²) in [5.41, 5.74) is 5.99. The zero-order valence-electron chi connectivity index (χ0n) is 9.65. The van der Waals surface area contributed by atoms with E-state index in [1.807, 2.05) is 14.1 Å². The molecule has 0 radical (unpaired) electrons. The molecule has 4 heteroatoms. The maximum atomic E-state index is 11.7. The Hall–Kier alpha value is -0.610. The molecule has 2 fully saturated rings. The Labute approximate surface area is 91.4 Å². The lowest BCUT2D eigenvalue weighted by Gasteiger charge is -2.37. The summed E-state index contributed by atoms with van der Waals surface area (Å²) in [7, 11) is 3.64. The van der Waals surface area contributed by atoms with E-state index in [2.05, 4.69) is 4.90 Å². The Morgan fingerprint density at radius 3 is 2.33 bits per heavy atom. The first-order valence-corrected chi connectivity index (χ1v) is 5.79. The van der Waals surface area contributed by atoms with Gasteiger partial charge >= 0.3 is 0 Å². The second-order valence-corrected chi connectivity index (χ2v) is 5.08. The van der Waals surface area contributed by atoms with Crippen LogP contribution in [0.4, 0.5) is 0 Å². The van der Waals surface area contributed by atoms with Crippen LogP contribution in [0.5, 0.6) is 0 Å². The van der Waals surface area contributed by atoms with Crippen molar-refractivity contribution >= 4 is 5.91 Å². The van der Waals surface area contributed by atoms with Crippen molar-refractivity contribution in [2.45, 2.75) is 43.8 Å². The lowest BCUT2D eigenvalue weighted by Crippen LogP contribution is -2.50. The van der Waals surface area contributed by atoms with Gasteiger partial charge in [0.15, 0.2) is 0 Å². The molecule has 2 unspecified atom stereocenters. The second-order valence-electron chi connectivity index (χ2n) is 5.08. The van der Waals surface area contributed by atoms with Crippen LogP contribution in [-0.4, -0.2) is 54.5 Å². The molecule has 2 rings (SSSR count). The zero-order chi connectivity index (χ0) is 11.0. The predicted molar refractivity (Wildman–Crippen MR) is 59.4 cm³/mol. The third kappa shape index (κ3) is 2.16. The highest BCUT2D eigenvalue weighted by Crippen LogP contribution is 2.34. The van der Waals surface area contributed by atoms with Crippen molar-refractivity contribution in [2.24, 2.45) is 5.73 Å². The van der Waals surface area contributed by atoms with Crippen LogP contribution in [0.3, 0.4) is 0 Å². The van der Waals surface area contributed by atoms with Gasteiger partial charge in [-0.15, -0.1) is 0 Å². The topological polar surface area (TPSA) is 49.6 Å². The van der Waals surface area contributed by atoms with E-state index in [1.165, 1.54) is 12.8 Å². The van der Waals surface area contributed by atoms with Gasteiger partial charge in [-0.05, 0) is 25.7 Å². The zero-order valence-corrected chi connectivity index (χ0v) is 9.65. The number of rotatable bonds is 2. The fourth-order valence-corrected chi connectivity index (χ4v) is 2.87. The number of nitrogens with zero attached hydrogens (tertiary/aromatic N) is 2. The minimum absolute atomic E-state index is 0.211. The first-order chi connectivity index (χ1) is 7.08. The van der Waals surface area contributed by atoms with E-state index in [4.69, 9.17) is 5.73 Å². The van der Waals surface area contributed by atoms with Gasteiger partial charge in [0.2, 0.25) is 5.91 Å². The van der Waals surface area contributed by atoms with E-state index in [-0.39, 0.29) is 5.91 Å². The SMILES string of the molecule is CN(C)C(=O)CN1C2CCC1CC(N)C2. The van der Waals surface area contributed by atoms with Crippen molar-refractivity contribution in [3.8, 4) is 0 Å². The van der Waals surface area contributed by atoms with Crippen LogP contribution < -0.4 is 5.73 Å². The molecule has 86 valence electrons. The average Bonchev–Trinajstić information content (AvgIpc) is 2.42. The number of fused-ring (bicyclic) bond motifs is 2. The Morgan fingerprint density at radius 1 is 1.33 bits per heavy atom. The maximum Gasteiger partial charge on any atom is 0.236 e. The summed E-state index contributed by atoms with van der Waals surface area (Å²) in [6.07, 6.45) is 4.58. The van der Waals surface area contributed by atoms with Crippen molar-refractivity contribution < 1.29 is 4.79 Å². The van der Waals surface area contributed by atoms with Gasteiger partial charge in [0.05, 0.1) is 6.54 Å². The van der Waals surface area contributed by atoms with Crippen molar-refractivity contribution in [1.82, 2.24) is 9.80 Å². The van der Waals surface area contributed by atoms with Crippen LogP contribution in [-0.2, 0) is 4.79 Å². The molecule has 0 spiro atoms. The van der Waals surface area contributed by atoms with Gasteiger partial charge in [-0.25, -0.2) is 0 Å². The second kappa shape index (κ2) is 4.10. The number of hydrogen-bond acceptors (Lipinski definition) is 3. The summed E-state index contributed by atoms with van der Waals surface area (Å²) in [6, 6.07) is 1.47. The highest BCUT2D eigenvalue weighted by atomic mass is 16.2. The van der Waals surface area contributed by atoms with Crippen LogP contribution >= 0.6 is 0 Å². The largest absolute Gasteiger partial charge is 0.348 e. The molecule has 2 aliphatic heterocycles. The lowest BCUT2D eigenvalue weighted by molar-refractivity contribution is -0.131. The van der Waals surface area contributed by atoms with Crippen LogP contribution in [0.25, 0.3) is 0 Å². The number of carbonyl (C=O) groups is 1. The van der Waals surface area contributed by atoms with Crippen LogP contribution in [0.2, 0.25) is 0 Å². The Morgan fingerprint density at radius 2 is 1.87 bits per heavy atom. The molecule has 0 aliphatic carbocycles. The van der Waals surface area contributed by atoms with Crippen LogP contribution in [0.1, 0.15) is 25.7 Å². The summed E-state index contributed by atoms with van der Waals surface area (Å²) < 4.78 is 0. The summed E-state index contributed by atoms with van der Waals surface area (Å²) >= 11 is 0. The molecule has 2 aliphatic rings. The molecule has 15 heavy (non-hydrogen) atoms. The van der Waals surface area contributed by atoms with E-state index in [1.54, 1.807) is 4.90 Å². The van der Waals surface area contributed by atoms with E-state index < -0.39 is 0 Å². The van der Waals surface area contributed by atoms with E-state index in [0.717, 1.165) is 12.8 Å². The van der Waals surface area contributed by atoms with Crippen LogP contribution in [0.15, 0.2) is 0 Å². The molecule has 0 saturated carbocycles. The Bertz CT molecular complexity index is 240. The monoisotopic (exact) mass is 211 g/mol. The number of amides is 1. The molecule has 2 heterocycles. The number of likely N-dealkylation sites (N-methyl/N-ethyl adjacent to an activating group) is 1. The van der Waals surface area contributed by atoms with Gasteiger partial charge in [0.25, 0.3) is 0 Å². The molecule has 2 bridgehead atoms. The fraction of sp³-hybridized carbons (Fsp3) is 0.909. The highest BCUT2D eigenvalue weighted by molar-refractivity contribution is 5.77. The Balaban J connectivity index is 1.97. The standard InChI is InChI=1S/C11H21N3O/c1-13(2)11(15)7-14-9-3-4-10(14)6-8(12)5-9/h8-10H,3-7,12H2,1-2H3. The number of nitrogens with two attached hydrogens (primary N) is 1. The molecule has 0 aromatic carbocycles. The molecule has 2 atom stereocenters. The van der Waals surface area contributed by atoms with Gasteiger partial charge in [0.1, 0.15) is 0 Å².